The van der Waals surface area contributed by atoms with E-state index in [0.29, 0.717) is 5.02 Å². The molecule has 17 heavy (non-hydrogen) atoms. The first-order valence-corrected chi connectivity index (χ1v) is 6.70. The molecule has 0 aliphatic rings. The molecule has 0 saturated carbocycles. The standard InChI is InChI=1S/C14H12ClIO/c1-14(17,10-2-6-12(15)7-3-10)11-4-8-13(16)9-5-11/h2-9,17H,1H3. The van der Waals surface area contributed by atoms with Gasteiger partial charge >= 0.3 is 0 Å². The van der Waals surface area contributed by atoms with Gasteiger partial charge in [-0.2, -0.15) is 0 Å². The molecule has 0 bridgehead atoms. The van der Waals surface area contributed by atoms with Gasteiger partial charge in [-0.25, -0.2) is 0 Å². The van der Waals surface area contributed by atoms with Crippen LogP contribution in [0.5, 0.6) is 0 Å². The number of aliphatic hydroxyl groups is 1. The van der Waals surface area contributed by atoms with Crippen LogP contribution in [0.4, 0.5) is 0 Å². The van der Waals surface area contributed by atoms with Crippen molar-refractivity contribution in [1.29, 1.82) is 0 Å². The zero-order valence-electron chi connectivity index (χ0n) is 9.32. The Morgan fingerprint density at radius 3 is 1.82 bits per heavy atom. The number of hydrogen-bond acceptors (Lipinski definition) is 1. The summed E-state index contributed by atoms with van der Waals surface area (Å²) >= 11 is 8.09. The number of benzene rings is 2. The van der Waals surface area contributed by atoms with E-state index in [4.69, 9.17) is 11.6 Å². The monoisotopic (exact) mass is 358 g/mol. The molecule has 2 aromatic rings. The Labute approximate surface area is 120 Å². The van der Waals surface area contributed by atoms with Crippen LogP contribution < -0.4 is 0 Å². The highest BCUT2D eigenvalue weighted by Gasteiger charge is 2.25. The Hall–Kier alpha value is -0.580. The van der Waals surface area contributed by atoms with Crippen molar-refractivity contribution < 1.29 is 5.11 Å². The minimum absolute atomic E-state index is 0.673. The quantitative estimate of drug-likeness (QED) is 0.798. The molecule has 0 fully saturated rings. The van der Waals surface area contributed by atoms with Crippen molar-refractivity contribution in [2.75, 3.05) is 0 Å². The van der Waals surface area contributed by atoms with Crippen molar-refractivity contribution >= 4 is 34.2 Å². The summed E-state index contributed by atoms with van der Waals surface area (Å²) in [6, 6.07) is 15.1. The normalized spacial score (nSPS) is 14.4. The first-order chi connectivity index (χ1) is 8.00. The Kier molecular flexibility index (Phi) is 3.76. The topological polar surface area (TPSA) is 20.2 Å². The summed E-state index contributed by atoms with van der Waals surface area (Å²) in [5.74, 6) is 0. The molecular weight excluding hydrogens is 347 g/mol. The molecule has 2 rings (SSSR count). The molecule has 0 amide bonds. The molecule has 0 spiro atoms. The average Bonchev–Trinajstić information content (AvgIpc) is 2.30. The lowest BCUT2D eigenvalue weighted by molar-refractivity contribution is 0.102. The SMILES string of the molecule is CC(O)(c1ccc(Cl)cc1)c1ccc(I)cc1. The van der Waals surface area contributed by atoms with Gasteiger partial charge in [-0.15, -0.1) is 0 Å². The number of hydrogen-bond donors (Lipinski definition) is 1. The van der Waals surface area contributed by atoms with E-state index in [0.717, 1.165) is 14.7 Å². The molecule has 0 radical (unpaired) electrons. The maximum Gasteiger partial charge on any atom is 0.112 e. The van der Waals surface area contributed by atoms with Crippen LogP contribution in [0.1, 0.15) is 18.1 Å². The summed E-state index contributed by atoms with van der Waals surface area (Å²) in [4.78, 5) is 0. The van der Waals surface area contributed by atoms with Crippen molar-refractivity contribution in [3.63, 3.8) is 0 Å². The van der Waals surface area contributed by atoms with Crippen molar-refractivity contribution in [3.05, 3.63) is 68.3 Å². The van der Waals surface area contributed by atoms with Crippen molar-refractivity contribution in [1.82, 2.24) is 0 Å². The molecule has 1 unspecified atom stereocenters. The lowest BCUT2D eigenvalue weighted by atomic mass is 9.88. The van der Waals surface area contributed by atoms with Crippen LogP contribution >= 0.6 is 34.2 Å². The first-order valence-electron chi connectivity index (χ1n) is 5.24. The zero-order chi connectivity index (χ0) is 12.5. The predicted octanol–water partition coefficient (Wildman–Crippen LogP) is 4.20. The van der Waals surface area contributed by atoms with Gasteiger partial charge in [-0.05, 0) is 64.9 Å². The van der Waals surface area contributed by atoms with Gasteiger partial charge in [0.05, 0.1) is 0 Å². The van der Waals surface area contributed by atoms with Crippen LogP contribution in [0.3, 0.4) is 0 Å². The highest BCUT2D eigenvalue weighted by atomic mass is 127. The van der Waals surface area contributed by atoms with Crippen LogP contribution in [0.15, 0.2) is 48.5 Å². The van der Waals surface area contributed by atoms with Crippen molar-refractivity contribution in [3.8, 4) is 0 Å². The molecule has 0 aliphatic heterocycles. The Bertz CT molecular complexity index is 455. The summed E-state index contributed by atoms with van der Waals surface area (Å²) < 4.78 is 1.15. The molecule has 0 aromatic heterocycles. The van der Waals surface area contributed by atoms with Gasteiger partial charge in [0.1, 0.15) is 5.60 Å². The summed E-state index contributed by atoms with van der Waals surface area (Å²) in [6.07, 6.45) is 0. The lowest BCUT2D eigenvalue weighted by Crippen LogP contribution is -2.22. The Morgan fingerprint density at radius 1 is 0.941 bits per heavy atom. The maximum absolute atomic E-state index is 10.6. The van der Waals surface area contributed by atoms with Gasteiger partial charge in [-0.1, -0.05) is 35.9 Å². The molecule has 0 heterocycles. The van der Waals surface area contributed by atoms with Gasteiger partial charge in [0, 0.05) is 8.59 Å². The second kappa shape index (κ2) is 4.96. The van der Waals surface area contributed by atoms with E-state index in [2.05, 4.69) is 22.6 Å². The van der Waals surface area contributed by atoms with Crippen LogP contribution in [0.2, 0.25) is 5.02 Å². The highest BCUT2D eigenvalue weighted by molar-refractivity contribution is 14.1. The summed E-state index contributed by atoms with van der Waals surface area (Å²) in [5.41, 5.74) is 0.720. The fourth-order valence-corrected chi connectivity index (χ4v) is 2.20. The third kappa shape index (κ3) is 2.81. The van der Waals surface area contributed by atoms with Crippen molar-refractivity contribution in [2.45, 2.75) is 12.5 Å². The zero-order valence-corrected chi connectivity index (χ0v) is 12.2. The summed E-state index contributed by atoms with van der Waals surface area (Å²) in [6.45, 7) is 1.79. The minimum Gasteiger partial charge on any atom is -0.381 e. The molecule has 1 nitrogen and oxygen atoms in total. The first kappa shape index (κ1) is 12.9. The van der Waals surface area contributed by atoms with Gasteiger partial charge < -0.3 is 5.11 Å². The van der Waals surface area contributed by atoms with E-state index < -0.39 is 5.60 Å². The van der Waals surface area contributed by atoms with Gasteiger partial charge in [0.2, 0.25) is 0 Å². The largest absolute Gasteiger partial charge is 0.381 e. The molecule has 0 saturated heterocycles. The highest BCUT2D eigenvalue weighted by Crippen LogP contribution is 2.30. The van der Waals surface area contributed by atoms with E-state index in [1.165, 1.54) is 0 Å². The van der Waals surface area contributed by atoms with Crippen LogP contribution in [0.25, 0.3) is 0 Å². The Morgan fingerprint density at radius 2 is 1.35 bits per heavy atom. The maximum atomic E-state index is 10.6. The molecule has 0 aliphatic carbocycles. The third-order valence-corrected chi connectivity index (χ3v) is 3.78. The average molecular weight is 359 g/mol. The van der Waals surface area contributed by atoms with Crippen LogP contribution in [-0.2, 0) is 5.60 Å². The summed E-state index contributed by atoms with van der Waals surface area (Å²) in [7, 11) is 0. The molecule has 3 heteroatoms. The minimum atomic E-state index is -0.991. The Balaban J connectivity index is 2.41. The number of halogens is 2. The van der Waals surface area contributed by atoms with Crippen LogP contribution in [0, 0.1) is 3.57 Å². The van der Waals surface area contributed by atoms with E-state index >= 15 is 0 Å². The van der Waals surface area contributed by atoms with E-state index in [1.54, 1.807) is 19.1 Å². The smallest absolute Gasteiger partial charge is 0.112 e. The van der Waals surface area contributed by atoms with E-state index in [9.17, 15) is 5.11 Å². The second-order valence-electron chi connectivity index (χ2n) is 4.09. The van der Waals surface area contributed by atoms with Gasteiger partial charge in [0.25, 0.3) is 0 Å². The van der Waals surface area contributed by atoms with Crippen LogP contribution in [-0.4, -0.2) is 5.11 Å². The molecular formula is C14H12ClIO. The lowest BCUT2D eigenvalue weighted by Gasteiger charge is -2.24. The molecule has 1 atom stereocenters. The molecule has 2 aromatic carbocycles. The molecule has 88 valence electrons. The fourth-order valence-electron chi connectivity index (χ4n) is 1.72. The third-order valence-electron chi connectivity index (χ3n) is 2.81. The summed E-state index contributed by atoms with van der Waals surface area (Å²) in [5, 5.41) is 11.3. The second-order valence-corrected chi connectivity index (χ2v) is 5.77. The van der Waals surface area contributed by atoms with Crippen molar-refractivity contribution in [2.24, 2.45) is 0 Å². The van der Waals surface area contributed by atoms with E-state index in [-0.39, 0.29) is 0 Å². The fraction of sp³-hybridized carbons (Fsp3) is 0.143. The number of rotatable bonds is 2. The molecule has 1 N–H and O–H groups in total. The van der Waals surface area contributed by atoms with Gasteiger partial charge in [-0.3, -0.25) is 0 Å². The predicted molar refractivity (Wildman–Crippen MR) is 79.3 cm³/mol. The van der Waals surface area contributed by atoms with Gasteiger partial charge in [0.15, 0.2) is 0 Å². The van der Waals surface area contributed by atoms with E-state index in [1.807, 2.05) is 36.4 Å².